The van der Waals surface area contributed by atoms with E-state index in [0.717, 1.165) is 73.8 Å². The Bertz CT molecular complexity index is 886. The number of fused-ring (bicyclic) bond motifs is 3. The van der Waals surface area contributed by atoms with Crippen LogP contribution in [0.4, 0.5) is 5.82 Å². The van der Waals surface area contributed by atoms with E-state index in [1.165, 1.54) is 0 Å². The topological polar surface area (TPSA) is 77.5 Å². The standard InChI is InChI=1S/C18H23N5O2/c1-12-10-13(2)22-18-14(12)15-16(25-18)17(21-11-20-15)19-4-3-5-23-6-8-24-9-7-23/h10-11H,3-9H2,1-2H3,(H,19,20,21)/p+1. The van der Waals surface area contributed by atoms with E-state index >= 15 is 0 Å². The summed E-state index contributed by atoms with van der Waals surface area (Å²) < 4.78 is 11.4. The van der Waals surface area contributed by atoms with Gasteiger partial charge in [-0.1, -0.05) is 0 Å². The molecule has 132 valence electrons. The van der Waals surface area contributed by atoms with Crippen LogP contribution in [0.2, 0.25) is 0 Å². The number of hydrogen-bond acceptors (Lipinski definition) is 6. The molecule has 4 heterocycles. The summed E-state index contributed by atoms with van der Waals surface area (Å²) in [5.74, 6) is 0.747. The Morgan fingerprint density at radius 1 is 1.20 bits per heavy atom. The van der Waals surface area contributed by atoms with Crippen molar-refractivity contribution in [3.63, 3.8) is 0 Å². The van der Waals surface area contributed by atoms with Crippen LogP contribution in [-0.4, -0.2) is 54.3 Å². The smallest absolute Gasteiger partial charge is 0.229 e. The number of pyridine rings is 1. The maximum atomic E-state index is 5.97. The Labute approximate surface area is 146 Å². The zero-order valence-corrected chi connectivity index (χ0v) is 14.8. The molecule has 1 saturated heterocycles. The highest BCUT2D eigenvalue weighted by Crippen LogP contribution is 2.31. The minimum Gasteiger partial charge on any atom is -0.432 e. The highest BCUT2D eigenvalue weighted by molar-refractivity contribution is 6.05. The molecule has 0 unspecified atom stereocenters. The van der Waals surface area contributed by atoms with Crippen molar-refractivity contribution in [3.05, 3.63) is 23.7 Å². The number of rotatable bonds is 5. The Hall–Kier alpha value is -2.25. The van der Waals surface area contributed by atoms with E-state index in [4.69, 9.17) is 9.15 Å². The first-order valence-electron chi connectivity index (χ1n) is 8.89. The number of furan rings is 1. The Balaban J connectivity index is 1.50. The molecule has 0 spiro atoms. The first kappa shape index (κ1) is 16.2. The average Bonchev–Trinajstić information content (AvgIpc) is 2.98. The van der Waals surface area contributed by atoms with Gasteiger partial charge in [-0.3, -0.25) is 0 Å². The van der Waals surface area contributed by atoms with E-state index in [2.05, 4.69) is 33.3 Å². The second kappa shape index (κ2) is 6.93. The molecule has 2 N–H and O–H groups in total. The number of aromatic nitrogens is 3. The van der Waals surface area contributed by atoms with Crippen molar-refractivity contribution in [3.8, 4) is 0 Å². The molecule has 4 rings (SSSR count). The van der Waals surface area contributed by atoms with Gasteiger partial charge in [-0.2, -0.15) is 0 Å². The van der Waals surface area contributed by atoms with Crippen LogP contribution in [0.25, 0.3) is 22.2 Å². The number of hydrogen-bond donors (Lipinski definition) is 2. The molecule has 0 aromatic carbocycles. The molecule has 0 radical (unpaired) electrons. The van der Waals surface area contributed by atoms with E-state index < -0.39 is 0 Å². The summed E-state index contributed by atoms with van der Waals surface area (Å²) in [6, 6.07) is 2.05. The Morgan fingerprint density at radius 3 is 2.88 bits per heavy atom. The molecule has 1 aliphatic heterocycles. The predicted octanol–water partition coefficient (Wildman–Crippen LogP) is 1.10. The molecule has 0 saturated carbocycles. The minimum atomic E-state index is 0.633. The predicted molar refractivity (Wildman–Crippen MR) is 96.1 cm³/mol. The number of ether oxygens (including phenoxy) is 1. The molecular weight excluding hydrogens is 318 g/mol. The molecule has 0 atom stereocenters. The van der Waals surface area contributed by atoms with Gasteiger partial charge in [0.25, 0.3) is 0 Å². The third-order valence-electron chi connectivity index (χ3n) is 4.75. The fourth-order valence-corrected chi connectivity index (χ4v) is 3.49. The first-order chi connectivity index (χ1) is 12.2. The SMILES string of the molecule is Cc1cc(C)c2c(n1)oc1c(NCCC[NH+]3CCOCC3)ncnc12. The lowest BCUT2D eigenvalue weighted by molar-refractivity contribution is -0.908. The summed E-state index contributed by atoms with van der Waals surface area (Å²) >= 11 is 0. The number of nitrogens with one attached hydrogen (secondary N) is 2. The van der Waals surface area contributed by atoms with E-state index in [-0.39, 0.29) is 0 Å². The molecule has 1 fully saturated rings. The highest BCUT2D eigenvalue weighted by Gasteiger charge is 2.17. The molecule has 0 amide bonds. The largest absolute Gasteiger partial charge is 0.432 e. The second-order valence-corrected chi connectivity index (χ2v) is 6.66. The van der Waals surface area contributed by atoms with Gasteiger partial charge in [-0.15, -0.1) is 0 Å². The van der Waals surface area contributed by atoms with Crippen LogP contribution < -0.4 is 10.2 Å². The van der Waals surface area contributed by atoms with E-state index in [1.54, 1.807) is 11.2 Å². The molecule has 3 aromatic heterocycles. The number of morpholine rings is 1. The summed E-state index contributed by atoms with van der Waals surface area (Å²) in [6.45, 7) is 9.99. The molecule has 0 bridgehead atoms. The zero-order valence-electron chi connectivity index (χ0n) is 14.8. The number of quaternary nitrogens is 1. The van der Waals surface area contributed by atoms with Crippen LogP contribution in [0.3, 0.4) is 0 Å². The molecule has 7 heteroatoms. The van der Waals surface area contributed by atoms with Gasteiger partial charge in [0.2, 0.25) is 5.71 Å². The maximum absolute atomic E-state index is 5.97. The van der Waals surface area contributed by atoms with E-state index in [9.17, 15) is 0 Å². The summed E-state index contributed by atoms with van der Waals surface area (Å²) in [6.07, 6.45) is 2.67. The summed E-state index contributed by atoms with van der Waals surface area (Å²) in [5.41, 5.74) is 4.23. The molecule has 0 aliphatic carbocycles. The normalized spacial score (nSPS) is 15.9. The second-order valence-electron chi connectivity index (χ2n) is 6.66. The third kappa shape index (κ3) is 3.29. The maximum Gasteiger partial charge on any atom is 0.229 e. The minimum absolute atomic E-state index is 0.633. The van der Waals surface area contributed by atoms with Gasteiger partial charge in [0.15, 0.2) is 11.4 Å². The highest BCUT2D eigenvalue weighted by atomic mass is 16.5. The average molecular weight is 342 g/mol. The first-order valence-corrected chi connectivity index (χ1v) is 8.89. The van der Waals surface area contributed by atoms with Gasteiger partial charge in [0, 0.05) is 18.7 Å². The van der Waals surface area contributed by atoms with Crippen molar-refractivity contribution in [1.29, 1.82) is 0 Å². The van der Waals surface area contributed by atoms with Crippen LogP contribution in [0.5, 0.6) is 0 Å². The van der Waals surface area contributed by atoms with Crippen LogP contribution in [0.15, 0.2) is 16.8 Å². The van der Waals surface area contributed by atoms with Crippen LogP contribution in [0.1, 0.15) is 17.7 Å². The van der Waals surface area contributed by atoms with Crippen molar-refractivity contribution < 1.29 is 14.1 Å². The van der Waals surface area contributed by atoms with Crippen LogP contribution in [-0.2, 0) is 4.74 Å². The van der Waals surface area contributed by atoms with Gasteiger partial charge < -0.3 is 19.4 Å². The van der Waals surface area contributed by atoms with Crippen molar-refractivity contribution in [1.82, 2.24) is 15.0 Å². The van der Waals surface area contributed by atoms with E-state index in [0.29, 0.717) is 11.3 Å². The van der Waals surface area contributed by atoms with Crippen LogP contribution in [0, 0.1) is 13.8 Å². The molecule has 7 nitrogen and oxygen atoms in total. The fourth-order valence-electron chi connectivity index (χ4n) is 3.49. The molecule has 3 aromatic rings. The summed E-state index contributed by atoms with van der Waals surface area (Å²) in [4.78, 5) is 14.9. The fraction of sp³-hybridized carbons (Fsp3) is 0.500. The molecule has 1 aliphatic rings. The van der Waals surface area contributed by atoms with Gasteiger partial charge in [-0.05, 0) is 25.5 Å². The van der Waals surface area contributed by atoms with E-state index in [1.807, 2.05) is 6.92 Å². The Kier molecular flexibility index (Phi) is 4.50. The lowest BCUT2D eigenvalue weighted by Gasteiger charge is -2.23. The number of nitrogens with zero attached hydrogens (tertiary/aromatic N) is 3. The zero-order chi connectivity index (χ0) is 17.2. The monoisotopic (exact) mass is 342 g/mol. The lowest BCUT2D eigenvalue weighted by Crippen LogP contribution is -3.14. The quantitative estimate of drug-likeness (QED) is 0.676. The van der Waals surface area contributed by atoms with Gasteiger partial charge in [0.05, 0.1) is 25.1 Å². The Morgan fingerprint density at radius 2 is 2.04 bits per heavy atom. The lowest BCUT2D eigenvalue weighted by atomic mass is 10.1. The summed E-state index contributed by atoms with van der Waals surface area (Å²) in [5, 5.41) is 4.38. The van der Waals surface area contributed by atoms with Crippen molar-refractivity contribution >= 4 is 28.0 Å². The van der Waals surface area contributed by atoms with Crippen LogP contribution >= 0.6 is 0 Å². The van der Waals surface area contributed by atoms with Gasteiger partial charge in [-0.25, -0.2) is 15.0 Å². The van der Waals surface area contributed by atoms with Crippen molar-refractivity contribution in [2.45, 2.75) is 20.3 Å². The number of aryl methyl sites for hydroxylation is 2. The van der Waals surface area contributed by atoms with Gasteiger partial charge in [0.1, 0.15) is 24.9 Å². The third-order valence-corrected chi connectivity index (χ3v) is 4.75. The van der Waals surface area contributed by atoms with Crippen molar-refractivity contribution in [2.24, 2.45) is 0 Å². The molecular formula is C18H24N5O2+. The number of anilines is 1. The summed E-state index contributed by atoms with van der Waals surface area (Å²) in [7, 11) is 0. The van der Waals surface area contributed by atoms with Crippen molar-refractivity contribution in [2.75, 3.05) is 44.7 Å². The van der Waals surface area contributed by atoms with Gasteiger partial charge >= 0.3 is 0 Å². The molecule has 25 heavy (non-hydrogen) atoms.